The number of benzene rings is 3. The highest BCUT2D eigenvalue weighted by Crippen LogP contribution is 2.22. The van der Waals surface area contributed by atoms with Crippen LogP contribution in [0.4, 0.5) is 14.5 Å². The molecule has 3 aromatic carbocycles. The lowest BCUT2D eigenvalue weighted by Gasteiger charge is -2.17. The van der Waals surface area contributed by atoms with Crippen molar-refractivity contribution < 1.29 is 18.4 Å². The number of halogens is 2. The standard InChI is InChI=1S/C29H25F2N3O3/c1-18(32-2)28(36)33-25-14-15-26(20-6-10-23(30)11-7-20)34(29(25)37)17-19-4-3-5-22(16-19)27(35)21-8-12-24(31)13-9-21/h3-16,18,32H,17H2,1-2H3,(H,33,36). The topological polar surface area (TPSA) is 80.2 Å². The molecule has 1 aromatic heterocycles. The van der Waals surface area contributed by atoms with E-state index in [1.165, 1.54) is 47.0 Å². The zero-order valence-corrected chi connectivity index (χ0v) is 20.3. The fraction of sp³-hybridized carbons (Fsp3) is 0.138. The van der Waals surface area contributed by atoms with Gasteiger partial charge in [-0.3, -0.25) is 14.4 Å². The van der Waals surface area contributed by atoms with Crippen molar-refractivity contribution in [3.63, 3.8) is 0 Å². The Morgan fingerprint density at radius 2 is 1.51 bits per heavy atom. The molecule has 0 aliphatic heterocycles. The quantitative estimate of drug-likeness (QED) is 0.346. The van der Waals surface area contributed by atoms with Gasteiger partial charge >= 0.3 is 0 Å². The van der Waals surface area contributed by atoms with Gasteiger partial charge in [-0.1, -0.05) is 18.2 Å². The molecule has 0 spiro atoms. The molecule has 2 N–H and O–H groups in total. The molecule has 0 saturated carbocycles. The lowest BCUT2D eigenvalue weighted by molar-refractivity contribution is -0.117. The summed E-state index contributed by atoms with van der Waals surface area (Å²) >= 11 is 0. The number of carbonyl (C=O) groups is 2. The zero-order chi connectivity index (χ0) is 26.5. The highest BCUT2D eigenvalue weighted by Gasteiger charge is 2.17. The summed E-state index contributed by atoms with van der Waals surface area (Å²) in [7, 11) is 1.64. The van der Waals surface area contributed by atoms with Gasteiger partial charge in [0, 0.05) is 11.1 Å². The second-order valence-corrected chi connectivity index (χ2v) is 8.57. The number of likely N-dealkylation sites (N-methyl/N-ethyl adjacent to an activating group) is 1. The molecule has 4 rings (SSSR count). The molecule has 6 nitrogen and oxygen atoms in total. The van der Waals surface area contributed by atoms with Crippen molar-refractivity contribution in [3.05, 3.63) is 124 Å². The lowest BCUT2D eigenvalue weighted by atomic mass is 10.0. The Morgan fingerprint density at radius 3 is 2.16 bits per heavy atom. The van der Waals surface area contributed by atoms with E-state index in [1.807, 2.05) is 0 Å². The van der Waals surface area contributed by atoms with Gasteiger partial charge in [-0.2, -0.15) is 0 Å². The second-order valence-electron chi connectivity index (χ2n) is 8.57. The third kappa shape index (κ3) is 5.87. The minimum Gasteiger partial charge on any atom is -0.320 e. The fourth-order valence-corrected chi connectivity index (χ4v) is 3.84. The van der Waals surface area contributed by atoms with E-state index in [2.05, 4.69) is 10.6 Å². The Balaban J connectivity index is 1.74. The van der Waals surface area contributed by atoms with Crippen LogP contribution < -0.4 is 16.2 Å². The molecule has 37 heavy (non-hydrogen) atoms. The smallest absolute Gasteiger partial charge is 0.275 e. The van der Waals surface area contributed by atoms with E-state index >= 15 is 0 Å². The van der Waals surface area contributed by atoms with Crippen LogP contribution in [0.2, 0.25) is 0 Å². The largest absolute Gasteiger partial charge is 0.320 e. The maximum atomic E-state index is 13.6. The molecule has 0 aliphatic rings. The monoisotopic (exact) mass is 501 g/mol. The van der Waals surface area contributed by atoms with E-state index in [0.29, 0.717) is 27.9 Å². The summed E-state index contributed by atoms with van der Waals surface area (Å²) in [5, 5.41) is 5.48. The van der Waals surface area contributed by atoms with Crippen molar-refractivity contribution in [1.29, 1.82) is 0 Å². The normalized spacial score (nSPS) is 11.7. The van der Waals surface area contributed by atoms with Gasteiger partial charge in [0.25, 0.3) is 5.56 Å². The number of rotatable bonds is 8. The molecular formula is C29H25F2N3O3. The molecule has 0 fully saturated rings. The van der Waals surface area contributed by atoms with Gasteiger partial charge in [0.2, 0.25) is 5.91 Å². The molecule has 0 saturated heterocycles. The summed E-state index contributed by atoms with van der Waals surface area (Å²) < 4.78 is 28.3. The van der Waals surface area contributed by atoms with Crippen molar-refractivity contribution in [2.45, 2.75) is 19.5 Å². The molecule has 0 bridgehead atoms. The first-order valence-electron chi connectivity index (χ1n) is 11.6. The molecule has 8 heteroatoms. The molecule has 1 heterocycles. The Kier molecular flexibility index (Phi) is 7.69. The molecule has 1 atom stereocenters. The number of amides is 1. The van der Waals surface area contributed by atoms with Gasteiger partial charge in [0.15, 0.2) is 5.78 Å². The Hall–Kier alpha value is -4.43. The van der Waals surface area contributed by atoms with Crippen molar-refractivity contribution >= 4 is 17.4 Å². The number of anilines is 1. The molecular weight excluding hydrogens is 476 g/mol. The van der Waals surface area contributed by atoms with Gasteiger partial charge in [0.1, 0.15) is 17.3 Å². The van der Waals surface area contributed by atoms with Gasteiger partial charge in [0.05, 0.1) is 18.3 Å². The molecule has 1 unspecified atom stereocenters. The number of nitrogens with zero attached hydrogens (tertiary/aromatic N) is 1. The summed E-state index contributed by atoms with van der Waals surface area (Å²) in [6.45, 7) is 1.76. The highest BCUT2D eigenvalue weighted by atomic mass is 19.1. The second kappa shape index (κ2) is 11.1. The van der Waals surface area contributed by atoms with Crippen molar-refractivity contribution in [2.24, 2.45) is 0 Å². The van der Waals surface area contributed by atoms with Crippen LogP contribution in [0.5, 0.6) is 0 Å². The first-order chi connectivity index (χ1) is 17.8. The number of carbonyl (C=O) groups excluding carboxylic acids is 2. The van der Waals surface area contributed by atoms with E-state index in [9.17, 15) is 23.2 Å². The minimum atomic E-state index is -0.515. The van der Waals surface area contributed by atoms with Crippen LogP contribution in [-0.4, -0.2) is 29.3 Å². The van der Waals surface area contributed by atoms with Crippen LogP contribution >= 0.6 is 0 Å². The van der Waals surface area contributed by atoms with Gasteiger partial charge in [-0.25, -0.2) is 8.78 Å². The number of nitrogens with one attached hydrogen (secondary N) is 2. The minimum absolute atomic E-state index is 0.0847. The van der Waals surface area contributed by atoms with Gasteiger partial charge in [-0.15, -0.1) is 0 Å². The summed E-state index contributed by atoms with van der Waals surface area (Å²) in [5.41, 5.74) is 2.15. The summed E-state index contributed by atoms with van der Waals surface area (Å²) in [5.74, 6) is -1.49. The van der Waals surface area contributed by atoms with Crippen LogP contribution in [0.15, 0.2) is 89.7 Å². The predicted octanol–water partition coefficient (Wildman–Crippen LogP) is 4.62. The van der Waals surface area contributed by atoms with Crippen LogP contribution in [0.3, 0.4) is 0 Å². The van der Waals surface area contributed by atoms with Crippen LogP contribution in [-0.2, 0) is 11.3 Å². The average Bonchev–Trinajstić information content (AvgIpc) is 2.91. The van der Waals surface area contributed by atoms with Crippen molar-refractivity contribution in [2.75, 3.05) is 12.4 Å². The van der Waals surface area contributed by atoms with Gasteiger partial charge in [-0.05, 0) is 91.8 Å². The van der Waals surface area contributed by atoms with Crippen LogP contribution in [0.25, 0.3) is 11.3 Å². The van der Waals surface area contributed by atoms with E-state index in [4.69, 9.17) is 0 Å². The van der Waals surface area contributed by atoms with E-state index < -0.39 is 23.2 Å². The van der Waals surface area contributed by atoms with E-state index in [-0.39, 0.29) is 23.9 Å². The lowest BCUT2D eigenvalue weighted by Crippen LogP contribution is -2.37. The average molecular weight is 502 g/mol. The zero-order valence-electron chi connectivity index (χ0n) is 20.3. The number of hydrogen-bond donors (Lipinski definition) is 2. The molecule has 4 aromatic rings. The highest BCUT2D eigenvalue weighted by molar-refractivity contribution is 6.09. The van der Waals surface area contributed by atoms with Crippen molar-refractivity contribution in [3.8, 4) is 11.3 Å². The summed E-state index contributed by atoms with van der Waals surface area (Å²) in [4.78, 5) is 38.9. The van der Waals surface area contributed by atoms with E-state index in [1.54, 1.807) is 56.4 Å². The van der Waals surface area contributed by atoms with Crippen LogP contribution in [0.1, 0.15) is 28.4 Å². The molecule has 1 amide bonds. The Labute approximate surface area is 212 Å². The van der Waals surface area contributed by atoms with Crippen LogP contribution in [0, 0.1) is 11.6 Å². The SMILES string of the molecule is CNC(C)C(=O)Nc1ccc(-c2ccc(F)cc2)n(Cc2cccc(C(=O)c3ccc(F)cc3)c2)c1=O. The molecule has 0 aliphatic carbocycles. The van der Waals surface area contributed by atoms with Crippen molar-refractivity contribution in [1.82, 2.24) is 9.88 Å². The van der Waals surface area contributed by atoms with Gasteiger partial charge < -0.3 is 15.2 Å². The first kappa shape index (κ1) is 25.7. The van der Waals surface area contributed by atoms with E-state index in [0.717, 1.165) is 0 Å². The number of pyridine rings is 1. The Bertz CT molecular complexity index is 1500. The summed E-state index contributed by atoms with van der Waals surface area (Å²) in [6.07, 6.45) is 0. The molecule has 0 radical (unpaired) electrons. The first-order valence-corrected chi connectivity index (χ1v) is 11.6. The number of hydrogen-bond acceptors (Lipinski definition) is 4. The maximum Gasteiger partial charge on any atom is 0.275 e. The summed E-state index contributed by atoms with van der Waals surface area (Å²) in [6, 6.07) is 20.5. The Morgan fingerprint density at radius 1 is 0.865 bits per heavy atom. The number of ketones is 1. The fourth-order valence-electron chi connectivity index (χ4n) is 3.84. The third-order valence-corrected chi connectivity index (χ3v) is 6.03. The maximum absolute atomic E-state index is 13.6. The predicted molar refractivity (Wildman–Crippen MR) is 139 cm³/mol. The third-order valence-electron chi connectivity index (χ3n) is 6.03. The number of aromatic nitrogens is 1. The molecule has 188 valence electrons.